The highest BCUT2D eigenvalue weighted by Gasteiger charge is 2.37. The van der Waals surface area contributed by atoms with Crippen molar-refractivity contribution in [3.63, 3.8) is 0 Å². The van der Waals surface area contributed by atoms with Crippen LogP contribution in [-0.4, -0.2) is 33.5 Å². The van der Waals surface area contributed by atoms with Crippen molar-refractivity contribution in [3.05, 3.63) is 62.9 Å². The highest BCUT2D eigenvalue weighted by atomic mass is 79.9. The Morgan fingerprint density at radius 2 is 2.06 bits per heavy atom. The number of anilines is 1. The van der Waals surface area contributed by atoms with Gasteiger partial charge in [-0.2, -0.15) is 0 Å². The summed E-state index contributed by atoms with van der Waals surface area (Å²) >= 11 is 5.01. The monoisotopic (exact) mass is 517 g/mol. The van der Waals surface area contributed by atoms with Crippen molar-refractivity contribution >= 4 is 39.3 Å². The molecule has 2 heterocycles. The second-order valence-electron chi connectivity index (χ2n) is 7.24. The third-order valence-electron chi connectivity index (χ3n) is 4.93. The number of hydrogen-bond donors (Lipinski definition) is 3. The van der Waals surface area contributed by atoms with Gasteiger partial charge in [-0.3, -0.25) is 9.78 Å². The first-order valence-electron chi connectivity index (χ1n) is 10.2. The van der Waals surface area contributed by atoms with Crippen molar-refractivity contribution in [2.45, 2.75) is 31.1 Å². The molecule has 8 nitrogen and oxygen atoms in total. The summed E-state index contributed by atoms with van der Waals surface area (Å²) in [5.74, 6) is 0.289. The first kappa shape index (κ1) is 22.3. The smallest absolute Gasteiger partial charge is 0.341 e. The minimum absolute atomic E-state index is 0.203. The number of H-pyrrole nitrogens is 1. The summed E-state index contributed by atoms with van der Waals surface area (Å²) in [6, 6.07) is 12.8. The van der Waals surface area contributed by atoms with Gasteiger partial charge in [-0.15, -0.1) is 0 Å². The number of aromatic nitrogens is 3. The lowest BCUT2D eigenvalue weighted by atomic mass is 10.0. The molecule has 0 spiro atoms. The third kappa shape index (κ3) is 4.81. The minimum atomic E-state index is -1.04. The number of benzene rings is 2. The molecule has 0 saturated heterocycles. The molecule has 0 bridgehead atoms. The lowest BCUT2D eigenvalue weighted by Crippen LogP contribution is -2.55. The molecule has 1 aliphatic heterocycles. The maximum atomic E-state index is 13.1. The molecule has 0 saturated carbocycles. The number of thioether (sulfide) groups is 1. The number of aromatic amines is 1. The van der Waals surface area contributed by atoms with Crippen molar-refractivity contribution in [2.24, 2.45) is 0 Å². The van der Waals surface area contributed by atoms with Gasteiger partial charge in [0, 0.05) is 20.9 Å². The topological polar surface area (TPSA) is 108 Å². The molecule has 1 atom stereocenters. The fraction of sp³-hybridized carbons (Fsp3) is 0.273. The molecule has 0 radical (unpaired) electrons. The molecule has 10 heteroatoms. The van der Waals surface area contributed by atoms with Gasteiger partial charge >= 0.3 is 17.2 Å². The maximum absolute atomic E-state index is 13.1. The number of halogens is 1. The zero-order valence-corrected chi connectivity index (χ0v) is 19.7. The van der Waals surface area contributed by atoms with E-state index in [9.17, 15) is 9.59 Å². The predicted octanol–water partition coefficient (Wildman–Crippen LogP) is 3.81. The van der Waals surface area contributed by atoms with E-state index in [2.05, 4.69) is 33.2 Å². The van der Waals surface area contributed by atoms with Gasteiger partial charge in [-0.1, -0.05) is 41.0 Å². The number of carboxylic acid groups (broad SMARTS) is 1. The van der Waals surface area contributed by atoms with Crippen LogP contribution in [0.4, 0.5) is 5.69 Å². The van der Waals surface area contributed by atoms with E-state index in [0.29, 0.717) is 16.6 Å². The van der Waals surface area contributed by atoms with E-state index in [4.69, 9.17) is 14.9 Å². The Balaban J connectivity index is 1.75. The van der Waals surface area contributed by atoms with E-state index in [1.54, 1.807) is 16.8 Å². The molecule has 0 aliphatic carbocycles. The maximum Gasteiger partial charge on any atom is 0.341 e. The molecular weight excluding hydrogens is 496 g/mol. The number of fused-ring (bicyclic) bond motifs is 3. The van der Waals surface area contributed by atoms with Crippen LogP contribution in [0.2, 0.25) is 0 Å². The van der Waals surface area contributed by atoms with Gasteiger partial charge < -0.3 is 15.2 Å². The van der Waals surface area contributed by atoms with E-state index in [1.807, 2.05) is 30.3 Å². The van der Waals surface area contributed by atoms with Crippen molar-refractivity contribution in [1.29, 1.82) is 0 Å². The number of nitrogens with one attached hydrogen (secondary N) is 2. The number of aliphatic carboxylic acids is 1. The third-order valence-corrected chi connectivity index (χ3v) is 6.37. The second-order valence-corrected chi connectivity index (χ2v) is 9.24. The first-order valence-corrected chi connectivity index (χ1v) is 11.9. The summed E-state index contributed by atoms with van der Waals surface area (Å²) < 4.78 is 7.82. The fourth-order valence-corrected chi connectivity index (χ4v) is 4.70. The lowest BCUT2D eigenvalue weighted by Gasteiger charge is -2.22. The van der Waals surface area contributed by atoms with E-state index in [0.717, 1.165) is 39.9 Å². The summed E-state index contributed by atoms with van der Waals surface area (Å²) in [7, 11) is 0. The van der Waals surface area contributed by atoms with Gasteiger partial charge in [-0.05, 0) is 53.6 Å². The SMILES string of the molecule is CCCCSc1n[n+]2c(c(=O)[nH]1)-c1cc(Br)ccc1N[C@H]2c1ccc(OCC(=O)O)cc1. The fourth-order valence-electron chi connectivity index (χ4n) is 3.41. The second kappa shape index (κ2) is 9.74. The van der Waals surface area contributed by atoms with Crippen LogP contribution in [0.3, 0.4) is 0 Å². The molecule has 0 unspecified atom stereocenters. The molecule has 1 aromatic heterocycles. The molecule has 32 heavy (non-hydrogen) atoms. The highest BCUT2D eigenvalue weighted by Crippen LogP contribution is 2.34. The summed E-state index contributed by atoms with van der Waals surface area (Å²) in [4.78, 5) is 26.8. The number of unbranched alkanes of at least 4 members (excludes halogenated alkanes) is 1. The Labute approximate surface area is 197 Å². The largest absolute Gasteiger partial charge is 0.482 e. The molecular formula is C22H22BrN4O4S+. The highest BCUT2D eigenvalue weighted by molar-refractivity contribution is 9.10. The van der Waals surface area contributed by atoms with Crippen molar-refractivity contribution < 1.29 is 19.3 Å². The van der Waals surface area contributed by atoms with Crippen LogP contribution in [0.25, 0.3) is 11.3 Å². The average molecular weight is 518 g/mol. The zero-order chi connectivity index (χ0) is 22.7. The van der Waals surface area contributed by atoms with Crippen LogP contribution in [0.1, 0.15) is 31.5 Å². The van der Waals surface area contributed by atoms with Gasteiger partial charge in [-0.25, -0.2) is 4.79 Å². The van der Waals surface area contributed by atoms with Gasteiger partial charge in [0.2, 0.25) is 5.16 Å². The Hall–Kier alpha value is -2.85. The van der Waals surface area contributed by atoms with Gasteiger partial charge in [0.25, 0.3) is 6.17 Å². The molecule has 2 aromatic carbocycles. The van der Waals surface area contributed by atoms with Crippen molar-refractivity contribution in [1.82, 2.24) is 10.1 Å². The van der Waals surface area contributed by atoms with E-state index < -0.39 is 18.7 Å². The molecule has 0 amide bonds. The van der Waals surface area contributed by atoms with Crippen LogP contribution < -0.4 is 20.3 Å². The molecule has 3 N–H and O–H groups in total. The van der Waals surface area contributed by atoms with Gasteiger partial charge in [0.1, 0.15) is 5.75 Å². The van der Waals surface area contributed by atoms with E-state index in [-0.39, 0.29) is 5.56 Å². The average Bonchev–Trinajstić information content (AvgIpc) is 2.77. The summed E-state index contributed by atoms with van der Waals surface area (Å²) in [6.07, 6.45) is 1.68. The van der Waals surface area contributed by atoms with Crippen molar-refractivity contribution in [3.8, 4) is 17.0 Å². The molecule has 166 valence electrons. The van der Waals surface area contributed by atoms with Crippen LogP contribution in [0.15, 0.2) is 56.9 Å². The minimum Gasteiger partial charge on any atom is -0.482 e. The lowest BCUT2D eigenvalue weighted by molar-refractivity contribution is -0.759. The molecule has 1 aliphatic rings. The van der Waals surface area contributed by atoms with Crippen molar-refractivity contribution in [2.75, 3.05) is 17.7 Å². The number of nitrogens with zero attached hydrogens (tertiary/aromatic N) is 2. The summed E-state index contributed by atoms with van der Waals surface area (Å²) in [5.41, 5.74) is 2.71. The zero-order valence-electron chi connectivity index (χ0n) is 17.3. The number of ether oxygens (including phenoxy) is 1. The number of carbonyl (C=O) groups is 1. The Morgan fingerprint density at radius 1 is 1.28 bits per heavy atom. The Kier molecular flexibility index (Phi) is 6.80. The Morgan fingerprint density at radius 3 is 2.78 bits per heavy atom. The first-order chi connectivity index (χ1) is 15.5. The number of hydrogen-bond acceptors (Lipinski definition) is 6. The summed E-state index contributed by atoms with van der Waals surface area (Å²) in [6.45, 7) is 1.72. The van der Waals surface area contributed by atoms with Crippen LogP contribution in [0.5, 0.6) is 5.75 Å². The molecule has 3 aromatic rings. The van der Waals surface area contributed by atoms with Gasteiger partial charge in [0.15, 0.2) is 6.61 Å². The normalized spacial score (nSPS) is 14.2. The van der Waals surface area contributed by atoms with Crippen LogP contribution >= 0.6 is 27.7 Å². The molecule has 4 rings (SSSR count). The molecule has 0 fully saturated rings. The van der Waals surface area contributed by atoms with E-state index >= 15 is 0 Å². The predicted molar refractivity (Wildman–Crippen MR) is 125 cm³/mol. The number of rotatable bonds is 8. The van der Waals surface area contributed by atoms with E-state index in [1.165, 1.54) is 11.8 Å². The standard InChI is InChI=1S/C22H21BrN4O4S/c1-2-3-10-32-22-25-21(30)19-16-11-14(23)6-9-17(16)24-20(27(19)26-22)13-4-7-15(8-5-13)31-12-18(28)29/h4-9,11,20H,2-3,10,12H2,1H3,(H2,25,26,28,29,30)/p+1/t20-/m1/s1. The van der Waals surface area contributed by atoms with Crippen LogP contribution in [-0.2, 0) is 4.79 Å². The van der Waals surface area contributed by atoms with Crippen LogP contribution in [0, 0.1) is 0 Å². The Bertz CT molecular complexity index is 1200. The number of carboxylic acids is 1. The van der Waals surface area contributed by atoms with Gasteiger partial charge in [0.05, 0.1) is 11.3 Å². The summed E-state index contributed by atoms with van der Waals surface area (Å²) in [5, 5.41) is 17.6. The quantitative estimate of drug-likeness (QED) is 0.237.